The van der Waals surface area contributed by atoms with Crippen LogP contribution in [0.25, 0.3) is 5.69 Å². The van der Waals surface area contributed by atoms with Gasteiger partial charge in [0.25, 0.3) is 0 Å². The second-order valence-corrected chi connectivity index (χ2v) is 5.68. The maximum atomic E-state index is 12.0. The van der Waals surface area contributed by atoms with Crippen LogP contribution in [0.3, 0.4) is 0 Å². The second-order valence-electron chi connectivity index (χ2n) is 5.68. The van der Waals surface area contributed by atoms with Gasteiger partial charge < -0.3 is 11.1 Å². The molecule has 0 aliphatic heterocycles. The van der Waals surface area contributed by atoms with Gasteiger partial charge in [-0.05, 0) is 31.9 Å². The first kappa shape index (κ1) is 18.2. The van der Waals surface area contributed by atoms with E-state index in [2.05, 4.69) is 10.4 Å². The molecule has 0 fully saturated rings. The molecular weight excluding hydrogens is 300 g/mol. The van der Waals surface area contributed by atoms with Gasteiger partial charge in [-0.2, -0.15) is 0 Å². The van der Waals surface area contributed by atoms with Crippen LogP contribution in [-0.4, -0.2) is 21.7 Å². The molecule has 5 nitrogen and oxygen atoms in total. The Morgan fingerprint density at radius 1 is 1.23 bits per heavy atom. The summed E-state index contributed by atoms with van der Waals surface area (Å²) in [5.74, 6) is 0.401. The van der Waals surface area contributed by atoms with Gasteiger partial charge in [-0.1, -0.05) is 31.5 Å². The third-order valence-corrected chi connectivity index (χ3v) is 3.44. The summed E-state index contributed by atoms with van der Waals surface area (Å²) < 4.78 is 1.80. The summed E-state index contributed by atoms with van der Waals surface area (Å²) in [6.45, 7) is 7.82. The van der Waals surface area contributed by atoms with E-state index in [-0.39, 0.29) is 24.2 Å². The normalized spacial score (nSPS) is 11.9. The van der Waals surface area contributed by atoms with Gasteiger partial charge in [0.1, 0.15) is 0 Å². The highest BCUT2D eigenvalue weighted by molar-refractivity contribution is 5.94. The monoisotopic (exact) mass is 322 g/mol. The molecule has 0 saturated heterocycles. The zero-order chi connectivity index (χ0) is 15.6. The minimum absolute atomic E-state index is 0. The molecule has 1 aromatic carbocycles. The van der Waals surface area contributed by atoms with E-state index >= 15 is 0 Å². The summed E-state index contributed by atoms with van der Waals surface area (Å²) in [6, 6.07) is 9.37. The number of benzene rings is 1. The zero-order valence-corrected chi connectivity index (χ0v) is 14.1. The van der Waals surface area contributed by atoms with Crippen LogP contribution in [0.15, 0.2) is 30.3 Å². The van der Waals surface area contributed by atoms with Crippen LogP contribution in [0.1, 0.15) is 25.1 Å². The smallest absolute Gasteiger partial charge is 0.242 e. The lowest BCUT2D eigenvalue weighted by molar-refractivity contribution is -0.118. The number of amides is 1. The zero-order valence-electron chi connectivity index (χ0n) is 13.3. The van der Waals surface area contributed by atoms with Crippen molar-refractivity contribution in [2.45, 2.75) is 33.7 Å². The van der Waals surface area contributed by atoms with E-state index in [4.69, 9.17) is 5.73 Å². The summed E-state index contributed by atoms with van der Waals surface area (Å²) in [5, 5.41) is 7.19. The molecule has 22 heavy (non-hydrogen) atoms. The number of nitrogens with zero attached hydrogens (tertiary/aromatic N) is 2. The van der Waals surface area contributed by atoms with E-state index in [1.165, 1.54) is 5.56 Å². The molecule has 3 N–H and O–H groups in total. The van der Waals surface area contributed by atoms with Crippen LogP contribution in [0.5, 0.6) is 0 Å². The largest absolute Gasteiger partial charge is 0.320 e. The fourth-order valence-corrected chi connectivity index (χ4v) is 2.00. The summed E-state index contributed by atoms with van der Waals surface area (Å²) in [4.78, 5) is 12.0. The van der Waals surface area contributed by atoms with Crippen LogP contribution in [0.4, 0.5) is 5.82 Å². The molecule has 0 saturated carbocycles. The van der Waals surface area contributed by atoms with Gasteiger partial charge in [-0.3, -0.25) is 4.79 Å². The van der Waals surface area contributed by atoms with Gasteiger partial charge in [0, 0.05) is 11.8 Å². The van der Waals surface area contributed by atoms with Crippen molar-refractivity contribution in [3.8, 4) is 5.69 Å². The van der Waals surface area contributed by atoms with E-state index in [1.54, 1.807) is 4.68 Å². The Morgan fingerprint density at radius 2 is 1.82 bits per heavy atom. The lowest BCUT2D eigenvalue weighted by atomic mass is 10.1. The van der Waals surface area contributed by atoms with Crippen LogP contribution in [0, 0.1) is 19.8 Å². The first-order chi connectivity index (χ1) is 9.88. The van der Waals surface area contributed by atoms with Gasteiger partial charge >= 0.3 is 0 Å². The number of hydrogen-bond acceptors (Lipinski definition) is 3. The summed E-state index contributed by atoms with van der Waals surface area (Å²) in [6.07, 6.45) is 0. The quantitative estimate of drug-likeness (QED) is 0.909. The fraction of sp³-hybridized carbons (Fsp3) is 0.375. The maximum absolute atomic E-state index is 12.0. The summed E-state index contributed by atoms with van der Waals surface area (Å²) >= 11 is 0. The number of aromatic nitrogens is 2. The molecule has 120 valence electrons. The molecular formula is C16H23ClN4O. The highest BCUT2D eigenvalue weighted by Gasteiger charge is 2.18. The fourth-order valence-electron chi connectivity index (χ4n) is 2.00. The first-order valence-electron chi connectivity index (χ1n) is 7.08. The number of halogens is 1. The van der Waals surface area contributed by atoms with Crippen molar-refractivity contribution in [2.75, 3.05) is 5.32 Å². The molecule has 0 bridgehead atoms. The maximum Gasteiger partial charge on any atom is 0.242 e. The molecule has 1 aromatic heterocycles. The van der Waals surface area contributed by atoms with Gasteiger partial charge in [0.15, 0.2) is 5.82 Å². The molecule has 0 aliphatic carbocycles. The number of nitrogens with two attached hydrogens (primary N) is 1. The highest BCUT2D eigenvalue weighted by atomic mass is 35.5. The molecule has 0 radical (unpaired) electrons. The molecule has 0 spiro atoms. The van der Waals surface area contributed by atoms with Crippen molar-refractivity contribution in [3.05, 3.63) is 41.6 Å². The van der Waals surface area contributed by atoms with E-state index in [0.717, 1.165) is 11.4 Å². The van der Waals surface area contributed by atoms with E-state index in [1.807, 2.05) is 58.0 Å². The number of carbonyl (C=O) groups excluding carboxylic acids is 1. The van der Waals surface area contributed by atoms with Crippen molar-refractivity contribution in [1.82, 2.24) is 9.78 Å². The highest BCUT2D eigenvalue weighted by Crippen LogP contribution is 2.16. The van der Waals surface area contributed by atoms with Crippen molar-refractivity contribution >= 4 is 24.1 Å². The third kappa shape index (κ3) is 4.08. The Hall–Kier alpha value is -1.85. The Kier molecular flexibility index (Phi) is 6.14. The molecule has 1 heterocycles. The van der Waals surface area contributed by atoms with Crippen LogP contribution in [0.2, 0.25) is 0 Å². The Morgan fingerprint density at radius 3 is 2.36 bits per heavy atom. The van der Waals surface area contributed by atoms with Crippen LogP contribution in [-0.2, 0) is 4.79 Å². The number of aryl methyl sites for hydroxylation is 2. The van der Waals surface area contributed by atoms with Crippen molar-refractivity contribution in [2.24, 2.45) is 11.7 Å². The topological polar surface area (TPSA) is 72.9 Å². The van der Waals surface area contributed by atoms with E-state index < -0.39 is 6.04 Å². The van der Waals surface area contributed by atoms with E-state index in [0.29, 0.717) is 5.82 Å². The predicted octanol–water partition coefficient (Wildman–Crippen LogP) is 2.83. The Bertz CT molecular complexity index is 634. The molecule has 1 atom stereocenters. The minimum atomic E-state index is -0.533. The van der Waals surface area contributed by atoms with Gasteiger partial charge in [0.05, 0.1) is 11.7 Å². The third-order valence-electron chi connectivity index (χ3n) is 3.44. The number of nitrogens with one attached hydrogen (secondary N) is 1. The average Bonchev–Trinajstić information content (AvgIpc) is 2.79. The van der Waals surface area contributed by atoms with Crippen molar-refractivity contribution in [3.63, 3.8) is 0 Å². The SMILES string of the molecule is Cc1ccc(-n2nc(NC(=O)[C@@H](N)C(C)C)cc2C)cc1.Cl. The van der Waals surface area contributed by atoms with Crippen molar-refractivity contribution in [1.29, 1.82) is 0 Å². The summed E-state index contributed by atoms with van der Waals surface area (Å²) in [7, 11) is 0. The molecule has 6 heteroatoms. The predicted molar refractivity (Wildman–Crippen MR) is 91.7 cm³/mol. The standard InChI is InChI=1S/C16H22N4O.ClH/c1-10(2)15(17)16(21)18-14-9-12(4)20(19-14)13-7-5-11(3)6-8-13;/h5-10,15H,17H2,1-4H3,(H,18,19,21);1H/t15-;/m0./s1. The molecule has 2 rings (SSSR count). The van der Waals surface area contributed by atoms with Gasteiger partial charge in [0.2, 0.25) is 5.91 Å². The van der Waals surface area contributed by atoms with Crippen LogP contribution < -0.4 is 11.1 Å². The molecule has 1 amide bonds. The summed E-state index contributed by atoms with van der Waals surface area (Å²) in [5.41, 5.74) is 8.94. The molecule has 2 aromatic rings. The number of anilines is 1. The Labute approximate surface area is 137 Å². The number of rotatable bonds is 4. The minimum Gasteiger partial charge on any atom is -0.320 e. The van der Waals surface area contributed by atoms with Gasteiger partial charge in [-0.15, -0.1) is 17.5 Å². The second kappa shape index (κ2) is 7.42. The lowest BCUT2D eigenvalue weighted by Crippen LogP contribution is -2.39. The van der Waals surface area contributed by atoms with Gasteiger partial charge in [-0.25, -0.2) is 4.68 Å². The van der Waals surface area contributed by atoms with Crippen LogP contribution >= 0.6 is 12.4 Å². The molecule has 0 unspecified atom stereocenters. The number of hydrogen-bond donors (Lipinski definition) is 2. The molecule has 0 aliphatic rings. The van der Waals surface area contributed by atoms with Crippen molar-refractivity contribution < 1.29 is 4.79 Å². The first-order valence-corrected chi connectivity index (χ1v) is 7.08. The average molecular weight is 323 g/mol. The Balaban J connectivity index is 0.00000242. The lowest BCUT2D eigenvalue weighted by Gasteiger charge is -2.13. The van der Waals surface area contributed by atoms with E-state index in [9.17, 15) is 4.79 Å². The number of carbonyl (C=O) groups is 1.